The molecule has 4 unspecified atom stereocenters. The fourth-order valence-electron chi connectivity index (χ4n) is 3.29. The highest BCUT2D eigenvalue weighted by Gasteiger charge is 2.41. The molecule has 29 heavy (non-hydrogen) atoms. The first-order chi connectivity index (χ1) is 13.8. The van der Waals surface area contributed by atoms with Gasteiger partial charge in [-0.15, -0.1) is 0 Å². The van der Waals surface area contributed by atoms with Gasteiger partial charge in [0.25, 0.3) is 0 Å². The lowest BCUT2D eigenvalue weighted by atomic mass is 9.82. The number of fused-ring (bicyclic) bond motifs is 1. The first-order valence-electron chi connectivity index (χ1n) is 9.78. The van der Waals surface area contributed by atoms with Gasteiger partial charge in [-0.25, -0.2) is 0 Å². The minimum Gasteiger partial charge on any atom is -0.461 e. The second-order valence-electron chi connectivity index (χ2n) is 7.44. The number of carbonyl (C=O) groups is 4. The quantitative estimate of drug-likeness (QED) is 0.290. The Hall–Kier alpha value is -2.54. The van der Waals surface area contributed by atoms with Crippen molar-refractivity contribution in [1.29, 1.82) is 0 Å². The molecule has 7 heteroatoms. The van der Waals surface area contributed by atoms with E-state index >= 15 is 0 Å². The molecule has 1 aliphatic carbocycles. The van der Waals surface area contributed by atoms with Crippen LogP contribution in [0.3, 0.4) is 0 Å². The Bertz CT molecular complexity index is 746. The highest BCUT2D eigenvalue weighted by Crippen LogP contribution is 2.34. The van der Waals surface area contributed by atoms with E-state index in [2.05, 4.69) is 6.58 Å². The molecule has 1 fully saturated rings. The highest BCUT2D eigenvalue weighted by atomic mass is 16.6. The van der Waals surface area contributed by atoms with E-state index in [4.69, 9.17) is 14.2 Å². The van der Waals surface area contributed by atoms with Gasteiger partial charge in [-0.1, -0.05) is 32.6 Å². The molecule has 0 saturated carbocycles. The molecule has 0 bridgehead atoms. The molecule has 7 nitrogen and oxygen atoms in total. The molecule has 2 aliphatic rings. The smallest absolute Gasteiger partial charge is 0.308 e. The third-order valence-electron chi connectivity index (χ3n) is 5.28. The zero-order valence-corrected chi connectivity index (χ0v) is 17.1. The van der Waals surface area contributed by atoms with Crippen molar-refractivity contribution in [2.75, 3.05) is 13.2 Å². The number of aldehydes is 1. The molecule has 1 heterocycles. The van der Waals surface area contributed by atoms with E-state index < -0.39 is 30.1 Å². The number of ketones is 1. The number of esters is 2. The number of ether oxygens (including phenoxy) is 3. The van der Waals surface area contributed by atoms with E-state index in [0.717, 1.165) is 5.57 Å². The van der Waals surface area contributed by atoms with Crippen LogP contribution in [0.1, 0.15) is 40.0 Å². The summed E-state index contributed by atoms with van der Waals surface area (Å²) in [5, 5.41) is 0. The van der Waals surface area contributed by atoms with Crippen molar-refractivity contribution >= 4 is 24.0 Å². The molecular formula is C22H28O7. The number of rotatable bonds is 6. The van der Waals surface area contributed by atoms with Crippen LogP contribution in [-0.4, -0.2) is 49.4 Å². The molecule has 158 valence electrons. The molecular weight excluding hydrogens is 376 g/mol. The minimum absolute atomic E-state index is 0.0439. The predicted molar refractivity (Wildman–Crippen MR) is 105 cm³/mol. The second-order valence-corrected chi connectivity index (χ2v) is 7.44. The van der Waals surface area contributed by atoms with Crippen molar-refractivity contribution in [1.82, 2.24) is 0 Å². The van der Waals surface area contributed by atoms with Gasteiger partial charge in [0.1, 0.15) is 25.6 Å². The maximum Gasteiger partial charge on any atom is 0.308 e. The lowest BCUT2D eigenvalue weighted by Gasteiger charge is -2.36. The van der Waals surface area contributed by atoms with E-state index in [1.165, 1.54) is 6.92 Å². The largest absolute Gasteiger partial charge is 0.461 e. The van der Waals surface area contributed by atoms with Gasteiger partial charge in [-0.3, -0.25) is 19.2 Å². The van der Waals surface area contributed by atoms with Crippen LogP contribution in [0.5, 0.6) is 0 Å². The number of carbonyl (C=O) groups excluding carboxylic acids is 4. The summed E-state index contributed by atoms with van der Waals surface area (Å²) in [5.74, 6) is -2.02. The summed E-state index contributed by atoms with van der Waals surface area (Å²) in [6, 6.07) is 0. The number of Topliss-reactive ketones (excluding diaryl/α,β-unsaturated/α-hetero) is 1. The SMILES string of the molecule is C=C1C(=O)COC2C=C(COC(C)=O)CC=C(C=O)CC(OC(=O)C(C)CC)C12. The van der Waals surface area contributed by atoms with Gasteiger partial charge in [-0.2, -0.15) is 0 Å². The summed E-state index contributed by atoms with van der Waals surface area (Å²) >= 11 is 0. The molecule has 0 N–H and O–H groups in total. The molecule has 0 radical (unpaired) electrons. The first kappa shape index (κ1) is 22.7. The average Bonchev–Trinajstić information content (AvgIpc) is 2.76. The first-order valence-corrected chi connectivity index (χ1v) is 9.78. The van der Waals surface area contributed by atoms with Crippen LogP contribution < -0.4 is 0 Å². The zero-order valence-electron chi connectivity index (χ0n) is 17.1. The van der Waals surface area contributed by atoms with E-state index in [1.54, 1.807) is 19.1 Å². The molecule has 0 spiro atoms. The fourth-order valence-corrected chi connectivity index (χ4v) is 3.29. The molecule has 0 amide bonds. The van der Waals surface area contributed by atoms with Crippen molar-refractivity contribution in [2.24, 2.45) is 11.8 Å². The van der Waals surface area contributed by atoms with Crippen molar-refractivity contribution in [2.45, 2.75) is 52.2 Å². The Kier molecular flexibility index (Phi) is 8.08. The maximum absolute atomic E-state index is 12.5. The number of hydrogen-bond donors (Lipinski definition) is 0. The standard InChI is InChI=1S/C22H28O7/c1-5-13(2)22(26)29-20-8-16(10-23)6-7-17(11-27-15(4)24)9-19-21(20)14(3)18(25)12-28-19/h6,9-10,13,19-21H,3,5,7-8,11-12H2,1-2,4H3. The third-order valence-corrected chi connectivity index (χ3v) is 5.28. The lowest BCUT2D eigenvalue weighted by molar-refractivity contribution is -0.160. The Balaban J connectivity index is 2.43. The van der Waals surface area contributed by atoms with E-state index in [0.29, 0.717) is 30.3 Å². The van der Waals surface area contributed by atoms with Crippen LogP contribution in [0.4, 0.5) is 0 Å². The highest BCUT2D eigenvalue weighted by molar-refractivity contribution is 5.97. The Morgan fingerprint density at radius 1 is 1.41 bits per heavy atom. The summed E-state index contributed by atoms with van der Waals surface area (Å²) in [5.41, 5.74) is 1.47. The van der Waals surface area contributed by atoms with Crippen LogP contribution in [0.2, 0.25) is 0 Å². The molecule has 1 aliphatic heterocycles. The average molecular weight is 404 g/mol. The maximum atomic E-state index is 12.5. The molecule has 0 aromatic rings. The Morgan fingerprint density at radius 2 is 2.14 bits per heavy atom. The minimum atomic E-state index is -0.765. The predicted octanol–water partition coefficient (Wildman–Crippen LogP) is 2.49. The number of allylic oxidation sites excluding steroid dienone is 1. The van der Waals surface area contributed by atoms with E-state index in [9.17, 15) is 19.2 Å². The van der Waals surface area contributed by atoms with Gasteiger partial charge in [0, 0.05) is 18.9 Å². The third kappa shape index (κ3) is 5.97. The normalized spacial score (nSPS) is 26.0. The van der Waals surface area contributed by atoms with Gasteiger partial charge < -0.3 is 14.2 Å². The summed E-state index contributed by atoms with van der Waals surface area (Å²) < 4.78 is 16.6. The van der Waals surface area contributed by atoms with Crippen molar-refractivity contribution in [3.05, 3.63) is 35.5 Å². The van der Waals surface area contributed by atoms with Crippen LogP contribution in [-0.2, 0) is 33.4 Å². The van der Waals surface area contributed by atoms with Gasteiger partial charge in [0.05, 0.1) is 17.9 Å². The van der Waals surface area contributed by atoms with Crippen molar-refractivity contribution in [3.63, 3.8) is 0 Å². The fraction of sp³-hybridized carbons (Fsp3) is 0.545. The molecule has 4 atom stereocenters. The Morgan fingerprint density at radius 3 is 2.76 bits per heavy atom. The van der Waals surface area contributed by atoms with Crippen molar-refractivity contribution in [3.8, 4) is 0 Å². The number of hydrogen-bond acceptors (Lipinski definition) is 7. The van der Waals surface area contributed by atoms with Crippen LogP contribution in [0.25, 0.3) is 0 Å². The molecule has 1 saturated heterocycles. The Labute approximate surface area is 170 Å². The van der Waals surface area contributed by atoms with Crippen LogP contribution in [0, 0.1) is 11.8 Å². The second kappa shape index (κ2) is 10.3. The summed E-state index contributed by atoms with van der Waals surface area (Å²) in [6.45, 7) is 8.78. The summed E-state index contributed by atoms with van der Waals surface area (Å²) in [6.07, 6.45) is 3.99. The topological polar surface area (TPSA) is 96.0 Å². The summed E-state index contributed by atoms with van der Waals surface area (Å²) in [7, 11) is 0. The summed E-state index contributed by atoms with van der Waals surface area (Å²) in [4.78, 5) is 47.5. The van der Waals surface area contributed by atoms with E-state index in [1.807, 2.05) is 6.92 Å². The lowest BCUT2D eigenvalue weighted by Crippen LogP contribution is -2.44. The molecule has 2 rings (SSSR count). The van der Waals surface area contributed by atoms with E-state index in [-0.39, 0.29) is 31.3 Å². The zero-order chi connectivity index (χ0) is 21.6. The van der Waals surface area contributed by atoms with Gasteiger partial charge in [0.2, 0.25) is 0 Å². The van der Waals surface area contributed by atoms with Crippen LogP contribution in [0.15, 0.2) is 35.5 Å². The van der Waals surface area contributed by atoms with Crippen LogP contribution >= 0.6 is 0 Å². The molecule has 0 aromatic heterocycles. The van der Waals surface area contributed by atoms with Gasteiger partial charge >= 0.3 is 11.9 Å². The van der Waals surface area contributed by atoms with Crippen molar-refractivity contribution < 1.29 is 33.4 Å². The van der Waals surface area contributed by atoms with Gasteiger partial charge in [0.15, 0.2) is 5.78 Å². The molecule has 0 aromatic carbocycles. The monoisotopic (exact) mass is 404 g/mol. The van der Waals surface area contributed by atoms with Gasteiger partial charge in [-0.05, 0) is 24.0 Å².